The largest absolute Gasteiger partial charge is 0.207 e. The molecule has 0 nitrogen and oxygen atoms in total. The van der Waals surface area contributed by atoms with Crippen LogP contribution in [0, 0.1) is 16.7 Å². The molecule has 30 heavy (non-hydrogen) atoms. The number of hydrogen-bond donors (Lipinski definition) is 0. The van der Waals surface area contributed by atoms with Crippen LogP contribution in [0.25, 0.3) is 6.08 Å². The molecule has 0 spiro atoms. The van der Waals surface area contributed by atoms with Gasteiger partial charge in [0.1, 0.15) is 5.83 Å². The molecule has 0 saturated carbocycles. The Labute approximate surface area is 183 Å². The first-order valence-electron chi connectivity index (χ1n) is 11.5. The Balaban J connectivity index is 2.26. The van der Waals surface area contributed by atoms with Crippen molar-refractivity contribution in [2.24, 2.45) is 16.7 Å². The quantitative estimate of drug-likeness (QED) is 0.438. The highest BCUT2D eigenvalue weighted by Gasteiger charge is 2.49. The lowest BCUT2D eigenvalue weighted by molar-refractivity contribution is 0.103. The molecule has 0 saturated heterocycles. The predicted molar refractivity (Wildman–Crippen MR) is 129 cm³/mol. The van der Waals surface area contributed by atoms with Gasteiger partial charge in [-0.05, 0) is 71.3 Å². The van der Waals surface area contributed by atoms with Gasteiger partial charge in [0.05, 0.1) is 0 Å². The monoisotopic (exact) mass is 406 g/mol. The minimum absolute atomic E-state index is 0.0101. The minimum Gasteiger partial charge on any atom is -0.207 e. The number of halogens is 1. The van der Waals surface area contributed by atoms with Crippen LogP contribution in [0.3, 0.4) is 0 Å². The summed E-state index contributed by atoms with van der Waals surface area (Å²) in [5.74, 6) is 0.282. The van der Waals surface area contributed by atoms with Crippen molar-refractivity contribution in [3.63, 3.8) is 0 Å². The van der Waals surface area contributed by atoms with Crippen molar-refractivity contribution in [3.05, 3.63) is 76.2 Å². The summed E-state index contributed by atoms with van der Waals surface area (Å²) in [6.45, 7) is 18.0. The van der Waals surface area contributed by atoms with Crippen molar-refractivity contribution in [3.8, 4) is 0 Å². The zero-order chi connectivity index (χ0) is 22.3. The molecule has 2 aliphatic carbocycles. The molecule has 0 N–H and O–H groups in total. The van der Waals surface area contributed by atoms with E-state index in [1.54, 1.807) is 0 Å². The van der Waals surface area contributed by atoms with Gasteiger partial charge < -0.3 is 0 Å². The molecule has 0 heterocycles. The Morgan fingerprint density at radius 1 is 1.17 bits per heavy atom. The summed E-state index contributed by atoms with van der Waals surface area (Å²) in [6.07, 6.45) is 13.5. The maximum absolute atomic E-state index is 15.4. The van der Waals surface area contributed by atoms with E-state index in [1.165, 1.54) is 22.3 Å². The molecule has 1 aromatic rings. The summed E-state index contributed by atoms with van der Waals surface area (Å²) < 4.78 is 15.4. The van der Waals surface area contributed by atoms with E-state index in [2.05, 4.69) is 97.9 Å². The van der Waals surface area contributed by atoms with Gasteiger partial charge in [0.15, 0.2) is 0 Å². The Morgan fingerprint density at radius 2 is 1.87 bits per heavy atom. The van der Waals surface area contributed by atoms with Gasteiger partial charge in [-0.25, -0.2) is 4.39 Å². The van der Waals surface area contributed by atoms with Crippen LogP contribution in [0.1, 0.15) is 84.9 Å². The zero-order valence-corrected chi connectivity index (χ0v) is 20.2. The van der Waals surface area contributed by atoms with Crippen molar-refractivity contribution in [1.29, 1.82) is 0 Å². The summed E-state index contributed by atoms with van der Waals surface area (Å²) in [6, 6.07) is 6.51. The molecule has 3 rings (SSSR count). The highest BCUT2D eigenvalue weighted by atomic mass is 19.1. The molecule has 0 aliphatic heterocycles. The summed E-state index contributed by atoms with van der Waals surface area (Å²) in [5, 5.41) is 0. The van der Waals surface area contributed by atoms with E-state index in [9.17, 15) is 0 Å². The first-order valence-corrected chi connectivity index (χ1v) is 11.5. The number of hydrogen-bond acceptors (Lipinski definition) is 0. The van der Waals surface area contributed by atoms with E-state index in [-0.39, 0.29) is 22.1 Å². The molecule has 1 heteroatoms. The first-order chi connectivity index (χ1) is 14.0. The van der Waals surface area contributed by atoms with Crippen LogP contribution in [0.15, 0.2) is 59.5 Å². The topological polar surface area (TPSA) is 0 Å². The third kappa shape index (κ3) is 3.55. The lowest BCUT2D eigenvalue weighted by atomic mass is 9.53. The molecule has 162 valence electrons. The number of allylic oxidation sites excluding steroid dienone is 7. The summed E-state index contributed by atoms with van der Waals surface area (Å²) in [4.78, 5) is 0. The minimum atomic E-state index is -0.340. The average molecular weight is 407 g/mol. The second-order valence-corrected chi connectivity index (χ2v) is 10.8. The van der Waals surface area contributed by atoms with Gasteiger partial charge >= 0.3 is 0 Å². The normalized spacial score (nSPS) is 23.4. The molecule has 0 aromatic heterocycles. The van der Waals surface area contributed by atoms with Crippen LogP contribution in [-0.2, 0) is 11.8 Å². The van der Waals surface area contributed by atoms with Crippen LogP contribution < -0.4 is 0 Å². The highest BCUT2D eigenvalue weighted by molar-refractivity contribution is 5.64. The lowest BCUT2D eigenvalue weighted by Gasteiger charge is -2.51. The van der Waals surface area contributed by atoms with Crippen LogP contribution in [0.2, 0.25) is 0 Å². The van der Waals surface area contributed by atoms with Crippen molar-refractivity contribution < 1.29 is 4.39 Å². The van der Waals surface area contributed by atoms with Crippen LogP contribution in [0.4, 0.5) is 4.39 Å². The Morgan fingerprint density at radius 3 is 2.47 bits per heavy atom. The molecular weight excluding hydrogens is 367 g/mol. The molecule has 2 atom stereocenters. The van der Waals surface area contributed by atoms with Crippen molar-refractivity contribution in [2.45, 2.75) is 80.1 Å². The van der Waals surface area contributed by atoms with Crippen molar-refractivity contribution >= 4 is 6.08 Å². The maximum atomic E-state index is 15.4. The zero-order valence-electron chi connectivity index (χ0n) is 20.2. The molecule has 0 fully saturated rings. The van der Waals surface area contributed by atoms with Gasteiger partial charge in [-0.2, -0.15) is 0 Å². The second kappa shape index (κ2) is 7.98. The molecule has 0 bridgehead atoms. The third-order valence-corrected chi connectivity index (χ3v) is 7.78. The maximum Gasteiger partial charge on any atom is 0.123 e. The van der Waals surface area contributed by atoms with Crippen molar-refractivity contribution in [1.82, 2.24) is 0 Å². The van der Waals surface area contributed by atoms with Gasteiger partial charge in [-0.1, -0.05) is 96.5 Å². The molecule has 0 amide bonds. The first kappa shape index (κ1) is 22.8. The molecular formula is C29H39F. The van der Waals surface area contributed by atoms with Gasteiger partial charge in [0.2, 0.25) is 0 Å². The summed E-state index contributed by atoms with van der Waals surface area (Å²) >= 11 is 0. The summed E-state index contributed by atoms with van der Waals surface area (Å²) in [7, 11) is 0. The number of benzene rings is 1. The average Bonchev–Trinajstić information content (AvgIpc) is 2.66. The van der Waals surface area contributed by atoms with Crippen LogP contribution in [0.5, 0.6) is 0 Å². The molecule has 0 radical (unpaired) electrons. The Kier molecular flexibility index (Phi) is 6.07. The van der Waals surface area contributed by atoms with Gasteiger partial charge in [-0.3, -0.25) is 0 Å². The SMILES string of the molecule is C/C=C\c1cccc2c1CC1=C(C(F)=CCC1C(C)(C=CCC)C(C)(C)C)C2(C)C. The standard InChI is InChI=1S/C29H39F/c1-9-11-18-29(8,27(3,4)5)24-16-17-25(30)26-22(24)19-21-20(13-10-2)14-12-15-23(21)28(26,6)7/h10-15,17-18,24H,9,16,19H2,1-8H3/b13-10-,18-11?. The predicted octanol–water partition coefficient (Wildman–Crippen LogP) is 8.74. The van der Waals surface area contributed by atoms with E-state index in [1.807, 2.05) is 6.08 Å². The van der Waals surface area contributed by atoms with Gasteiger partial charge in [0.25, 0.3) is 0 Å². The fourth-order valence-electron chi connectivity index (χ4n) is 5.61. The lowest BCUT2D eigenvalue weighted by Crippen LogP contribution is -2.43. The molecule has 2 unspecified atom stereocenters. The highest BCUT2D eigenvalue weighted by Crippen LogP contribution is 2.57. The van der Waals surface area contributed by atoms with Crippen LogP contribution >= 0.6 is 0 Å². The summed E-state index contributed by atoms with van der Waals surface area (Å²) in [5.41, 5.74) is 5.82. The van der Waals surface area contributed by atoms with E-state index >= 15 is 4.39 Å². The smallest absolute Gasteiger partial charge is 0.123 e. The second-order valence-electron chi connectivity index (χ2n) is 10.8. The number of rotatable bonds is 4. The Bertz CT molecular complexity index is 930. The fourth-order valence-corrected chi connectivity index (χ4v) is 5.61. The van der Waals surface area contributed by atoms with E-state index in [4.69, 9.17) is 0 Å². The van der Waals surface area contributed by atoms with E-state index in [0.29, 0.717) is 5.92 Å². The van der Waals surface area contributed by atoms with Gasteiger partial charge in [-0.15, -0.1) is 0 Å². The van der Waals surface area contributed by atoms with Gasteiger partial charge in [0, 0.05) is 5.41 Å². The van der Waals surface area contributed by atoms with Crippen LogP contribution in [-0.4, -0.2) is 0 Å². The fraction of sp³-hybridized carbons (Fsp3) is 0.517. The van der Waals surface area contributed by atoms with Crippen molar-refractivity contribution in [2.75, 3.05) is 0 Å². The third-order valence-electron chi connectivity index (χ3n) is 7.78. The van der Waals surface area contributed by atoms with E-state index in [0.717, 1.165) is 24.8 Å². The molecule has 1 aromatic carbocycles. The number of fused-ring (bicyclic) bond motifs is 1. The molecule has 2 aliphatic rings. The van der Waals surface area contributed by atoms with E-state index < -0.39 is 0 Å². The Hall–Kier alpha value is -1.89.